The molecule has 1 heterocycles. The summed E-state index contributed by atoms with van der Waals surface area (Å²) in [4.78, 5) is 5.63. The number of nitrogens with zero attached hydrogens (tertiary/aromatic N) is 2. The van der Waals surface area contributed by atoms with E-state index in [4.69, 9.17) is 5.26 Å². The molecule has 0 amide bonds. The van der Waals surface area contributed by atoms with E-state index in [0.717, 1.165) is 15.2 Å². The van der Waals surface area contributed by atoms with E-state index < -0.39 is 0 Å². The molecule has 0 bridgehead atoms. The normalized spacial score (nSPS) is 11.2. The van der Waals surface area contributed by atoms with Crippen molar-refractivity contribution in [3.05, 3.63) is 44.3 Å². The topological polar surface area (TPSA) is 48.7 Å². The second-order valence-electron chi connectivity index (χ2n) is 5.54. The molecule has 104 valence electrons. The van der Waals surface area contributed by atoms with Crippen molar-refractivity contribution in [2.45, 2.75) is 32.7 Å². The molecular weight excluding hydrogens is 334 g/mol. The Hall–Kier alpha value is -1.38. The van der Waals surface area contributed by atoms with Crippen LogP contribution in [0.2, 0.25) is 0 Å². The number of hydrogen-bond acceptors (Lipinski definition) is 4. The molecule has 2 aromatic rings. The van der Waals surface area contributed by atoms with Crippen molar-refractivity contribution in [1.29, 1.82) is 5.26 Å². The fourth-order valence-electron chi connectivity index (χ4n) is 1.68. The summed E-state index contributed by atoms with van der Waals surface area (Å²) in [7, 11) is 0. The number of halogens is 1. The molecule has 0 spiro atoms. The smallest absolute Gasteiger partial charge is 0.101 e. The number of anilines is 1. The van der Waals surface area contributed by atoms with Gasteiger partial charge in [0.15, 0.2) is 0 Å². The standard InChI is InChI=1S/C15H16BrN3S/c1-15(2,3)14-19-9-12(20-14)8-18-13-5-4-11(16)6-10(13)7-17/h4-6,9,18H,8H2,1-3H3. The van der Waals surface area contributed by atoms with Gasteiger partial charge in [-0.25, -0.2) is 4.98 Å². The predicted octanol–water partition coefficient (Wildman–Crippen LogP) is 4.69. The molecule has 0 unspecified atom stereocenters. The molecular formula is C15H16BrN3S. The van der Waals surface area contributed by atoms with Gasteiger partial charge in [0.25, 0.3) is 0 Å². The average Bonchev–Trinajstić information content (AvgIpc) is 2.86. The molecule has 0 atom stereocenters. The lowest BCUT2D eigenvalue weighted by molar-refractivity contribution is 0.585. The fourth-order valence-corrected chi connectivity index (χ4v) is 2.95. The van der Waals surface area contributed by atoms with Gasteiger partial charge in [-0.05, 0) is 18.2 Å². The maximum atomic E-state index is 9.13. The van der Waals surface area contributed by atoms with E-state index in [1.807, 2.05) is 24.4 Å². The van der Waals surface area contributed by atoms with Gasteiger partial charge in [0.1, 0.15) is 6.07 Å². The highest BCUT2D eigenvalue weighted by Crippen LogP contribution is 2.27. The maximum absolute atomic E-state index is 9.13. The van der Waals surface area contributed by atoms with Crippen molar-refractivity contribution >= 4 is 33.0 Å². The Bertz CT molecular complexity index is 650. The molecule has 1 N–H and O–H groups in total. The first-order valence-corrected chi connectivity index (χ1v) is 7.90. The number of nitrogens with one attached hydrogen (secondary N) is 1. The van der Waals surface area contributed by atoms with Crippen LogP contribution in [0, 0.1) is 11.3 Å². The molecule has 0 radical (unpaired) electrons. The number of nitriles is 1. The van der Waals surface area contributed by atoms with Gasteiger partial charge in [0.2, 0.25) is 0 Å². The van der Waals surface area contributed by atoms with Gasteiger partial charge in [-0.2, -0.15) is 5.26 Å². The lowest BCUT2D eigenvalue weighted by Crippen LogP contribution is -2.09. The van der Waals surface area contributed by atoms with E-state index in [9.17, 15) is 0 Å². The van der Waals surface area contributed by atoms with E-state index >= 15 is 0 Å². The van der Waals surface area contributed by atoms with Crippen molar-refractivity contribution < 1.29 is 0 Å². The summed E-state index contributed by atoms with van der Waals surface area (Å²) in [6.07, 6.45) is 1.91. The summed E-state index contributed by atoms with van der Waals surface area (Å²) in [5.41, 5.74) is 1.57. The van der Waals surface area contributed by atoms with E-state index in [1.54, 1.807) is 11.3 Å². The van der Waals surface area contributed by atoms with Crippen LogP contribution in [-0.4, -0.2) is 4.98 Å². The van der Waals surface area contributed by atoms with Crippen molar-refractivity contribution in [2.75, 3.05) is 5.32 Å². The monoisotopic (exact) mass is 349 g/mol. The SMILES string of the molecule is CC(C)(C)c1ncc(CNc2ccc(Br)cc2C#N)s1. The van der Waals surface area contributed by atoms with Crippen LogP contribution in [0.4, 0.5) is 5.69 Å². The van der Waals surface area contributed by atoms with E-state index in [2.05, 4.69) is 53.1 Å². The first kappa shape index (κ1) is 15.0. The Morgan fingerprint density at radius 2 is 2.15 bits per heavy atom. The summed E-state index contributed by atoms with van der Waals surface area (Å²) in [5, 5.41) is 13.6. The highest BCUT2D eigenvalue weighted by atomic mass is 79.9. The Balaban J connectivity index is 2.10. The molecule has 20 heavy (non-hydrogen) atoms. The third-order valence-electron chi connectivity index (χ3n) is 2.75. The van der Waals surface area contributed by atoms with Gasteiger partial charge in [-0.3, -0.25) is 0 Å². The zero-order valence-electron chi connectivity index (χ0n) is 11.7. The minimum atomic E-state index is 0.0817. The summed E-state index contributed by atoms with van der Waals surface area (Å²) in [6, 6.07) is 7.85. The first-order valence-electron chi connectivity index (χ1n) is 6.29. The van der Waals surface area contributed by atoms with E-state index in [0.29, 0.717) is 12.1 Å². The summed E-state index contributed by atoms with van der Waals surface area (Å²) in [6.45, 7) is 7.16. The van der Waals surface area contributed by atoms with Crippen LogP contribution in [0.25, 0.3) is 0 Å². The van der Waals surface area contributed by atoms with Gasteiger partial charge in [0.05, 0.1) is 22.8 Å². The minimum Gasteiger partial charge on any atom is -0.379 e. The summed E-state index contributed by atoms with van der Waals surface area (Å²) in [5.74, 6) is 0. The Kier molecular flexibility index (Phi) is 4.46. The van der Waals surface area contributed by atoms with Gasteiger partial charge >= 0.3 is 0 Å². The molecule has 0 aliphatic rings. The molecule has 1 aromatic heterocycles. The highest BCUT2D eigenvalue weighted by Gasteiger charge is 2.17. The van der Waals surface area contributed by atoms with Crippen LogP contribution >= 0.6 is 27.3 Å². The minimum absolute atomic E-state index is 0.0817. The quantitative estimate of drug-likeness (QED) is 0.874. The lowest BCUT2D eigenvalue weighted by Gasteiger charge is -2.13. The van der Waals surface area contributed by atoms with Crippen molar-refractivity contribution in [3.63, 3.8) is 0 Å². The highest BCUT2D eigenvalue weighted by molar-refractivity contribution is 9.10. The van der Waals surface area contributed by atoms with Crippen LogP contribution < -0.4 is 5.32 Å². The zero-order valence-corrected chi connectivity index (χ0v) is 14.1. The number of aromatic nitrogens is 1. The van der Waals surface area contributed by atoms with Gasteiger partial charge in [-0.15, -0.1) is 11.3 Å². The molecule has 3 nitrogen and oxygen atoms in total. The van der Waals surface area contributed by atoms with Crippen molar-refractivity contribution in [1.82, 2.24) is 4.98 Å². The number of rotatable bonds is 3. The second-order valence-corrected chi connectivity index (χ2v) is 7.57. The van der Waals surface area contributed by atoms with Crippen molar-refractivity contribution in [2.24, 2.45) is 0 Å². The largest absolute Gasteiger partial charge is 0.379 e. The molecule has 2 rings (SSSR count). The first-order chi connectivity index (χ1) is 9.40. The fraction of sp³-hybridized carbons (Fsp3) is 0.333. The predicted molar refractivity (Wildman–Crippen MR) is 87.0 cm³/mol. The molecule has 0 aliphatic carbocycles. The Labute approximate surface area is 131 Å². The summed E-state index contributed by atoms with van der Waals surface area (Å²) < 4.78 is 0.910. The average molecular weight is 350 g/mol. The molecule has 0 fully saturated rings. The van der Waals surface area contributed by atoms with Crippen LogP contribution in [0.3, 0.4) is 0 Å². The lowest BCUT2D eigenvalue weighted by atomic mass is 9.98. The number of hydrogen-bond donors (Lipinski definition) is 1. The molecule has 0 aliphatic heterocycles. The van der Waals surface area contributed by atoms with Crippen LogP contribution in [0.1, 0.15) is 36.2 Å². The maximum Gasteiger partial charge on any atom is 0.101 e. The third-order valence-corrected chi connectivity index (χ3v) is 4.67. The molecule has 0 saturated heterocycles. The second kappa shape index (κ2) is 5.94. The van der Waals surface area contributed by atoms with Crippen LogP contribution in [0.5, 0.6) is 0 Å². The summed E-state index contributed by atoms with van der Waals surface area (Å²) >= 11 is 5.08. The number of thiazole rings is 1. The molecule has 5 heteroatoms. The third kappa shape index (κ3) is 3.59. The molecule has 0 saturated carbocycles. The van der Waals surface area contributed by atoms with Crippen molar-refractivity contribution in [3.8, 4) is 6.07 Å². The van der Waals surface area contributed by atoms with Crippen LogP contribution in [0.15, 0.2) is 28.9 Å². The van der Waals surface area contributed by atoms with Gasteiger partial charge in [0, 0.05) is 21.0 Å². The molecule has 1 aromatic carbocycles. The number of benzene rings is 1. The van der Waals surface area contributed by atoms with Gasteiger partial charge < -0.3 is 5.32 Å². The Morgan fingerprint density at radius 1 is 1.40 bits per heavy atom. The van der Waals surface area contributed by atoms with Gasteiger partial charge in [-0.1, -0.05) is 36.7 Å². The zero-order chi connectivity index (χ0) is 14.8. The Morgan fingerprint density at radius 3 is 2.75 bits per heavy atom. The van der Waals surface area contributed by atoms with Crippen LogP contribution in [-0.2, 0) is 12.0 Å². The van der Waals surface area contributed by atoms with E-state index in [-0.39, 0.29) is 5.41 Å². The van der Waals surface area contributed by atoms with E-state index in [1.165, 1.54) is 4.88 Å².